The van der Waals surface area contributed by atoms with Crippen molar-refractivity contribution in [1.82, 2.24) is 10.2 Å². The summed E-state index contributed by atoms with van der Waals surface area (Å²) in [6.45, 7) is 4.62. The summed E-state index contributed by atoms with van der Waals surface area (Å²) in [6.07, 6.45) is 3.32. The second-order valence-electron chi connectivity index (χ2n) is 6.44. The van der Waals surface area contributed by atoms with Crippen LogP contribution in [0.1, 0.15) is 12.2 Å². The first-order chi connectivity index (χ1) is 13.5. The molecule has 1 fully saturated rings. The zero-order valence-electron chi connectivity index (χ0n) is 15.3. The molecule has 0 bridgehead atoms. The number of nitrogens with zero attached hydrogens (tertiary/aromatic N) is 1. The fraction of sp³-hybridized carbons (Fsp3) is 0.250. The van der Waals surface area contributed by atoms with Gasteiger partial charge in [-0.2, -0.15) is 0 Å². The lowest BCUT2D eigenvalue weighted by Gasteiger charge is -2.15. The smallest absolute Gasteiger partial charge is 0.319 e. The Kier molecular flexibility index (Phi) is 6.11. The number of carbonyl (C=O) groups is 3. The molecule has 3 N–H and O–H groups in total. The molecule has 1 aliphatic rings. The number of anilines is 2. The molecule has 146 valence electrons. The molecule has 8 heteroatoms. The third kappa shape index (κ3) is 5.00. The van der Waals surface area contributed by atoms with E-state index in [1.807, 2.05) is 0 Å². The van der Waals surface area contributed by atoms with Crippen molar-refractivity contribution in [3.05, 3.63) is 61.1 Å². The van der Waals surface area contributed by atoms with Crippen LogP contribution in [-0.2, 0) is 16.1 Å². The van der Waals surface area contributed by atoms with Gasteiger partial charge < -0.3 is 25.3 Å². The zero-order valence-corrected chi connectivity index (χ0v) is 15.3. The summed E-state index contributed by atoms with van der Waals surface area (Å²) in [7, 11) is 0. The molecule has 8 nitrogen and oxygen atoms in total. The topological polar surface area (TPSA) is 104 Å². The predicted octanol–water partition coefficient (Wildman–Crippen LogP) is 2.57. The van der Waals surface area contributed by atoms with Gasteiger partial charge in [0, 0.05) is 30.9 Å². The number of likely N-dealkylation sites (tertiary alicyclic amines) is 1. The van der Waals surface area contributed by atoms with Crippen molar-refractivity contribution in [3.63, 3.8) is 0 Å². The van der Waals surface area contributed by atoms with Crippen LogP contribution in [0, 0.1) is 5.92 Å². The van der Waals surface area contributed by atoms with E-state index in [2.05, 4.69) is 22.5 Å². The van der Waals surface area contributed by atoms with Crippen LogP contribution in [0.3, 0.4) is 0 Å². The normalized spacial score (nSPS) is 15.9. The lowest BCUT2D eigenvalue weighted by Crippen LogP contribution is -2.28. The van der Waals surface area contributed by atoms with Gasteiger partial charge in [0.1, 0.15) is 5.76 Å². The molecule has 1 aliphatic heterocycles. The third-order valence-corrected chi connectivity index (χ3v) is 4.33. The highest BCUT2D eigenvalue weighted by atomic mass is 16.3. The van der Waals surface area contributed by atoms with Gasteiger partial charge in [0.2, 0.25) is 11.8 Å². The lowest BCUT2D eigenvalue weighted by atomic mass is 10.1. The maximum Gasteiger partial charge on any atom is 0.319 e. The van der Waals surface area contributed by atoms with E-state index >= 15 is 0 Å². The minimum atomic E-state index is -0.412. The van der Waals surface area contributed by atoms with Crippen molar-refractivity contribution in [2.24, 2.45) is 5.92 Å². The fourth-order valence-corrected chi connectivity index (χ4v) is 2.91. The number of amides is 4. The van der Waals surface area contributed by atoms with Gasteiger partial charge in [0.25, 0.3) is 0 Å². The molecule has 1 unspecified atom stereocenters. The summed E-state index contributed by atoms with van der Waals surface area (Å²) < 4.78 is 5.26. The summed E-state index contributed by atoms with van der Waals surface area (Å²) in [5.41, 5.74) is 1.19. The standard InChI is InChI=1S/C20H22N4O4/c1-2-9-21-20(27)23-16-7-5-15(6-8-16)22-19(26)14-11-18(25)24(12-14)13-17-4-3-10-28-17/h2-8,10,14H,1,9,11-13H2,(H,22,26)(H2,21,23,27). The lowest BCUT2D eigenvalue weighted by molar-refractivity contribution is -0.128. The average molecular weight is 382 g/mol. The Hall–Kier alpha value is -3.55. The molecular weight excluding hydrogens is 360 g/mol. The van der Waals surface area contributed by atoms with E-state index < -0.39 is 5.92 Å². The molecule has 2 aromatic rings. The van der Waals surface area contributed by atoms with E-state index in [4.69, 9.17) is 4.42 Å². The van der Waals surface area contributed by atoms with E-state index in [9.17, 15) is 14.4 Å². The van der Waals surface area contributed by atoms with Crippen molar-refractivity contribution < 1.29 is 18.8 Å². The first-order valence-corrected chi connectivity index (χ1v) is 8.92. The summed E-state index contributed by atoms with van der Waals surface area (Å²) in [4.78, 5) is 37.9. The van der Waals surface area contributed by atoms with Crippen LogP contribution in [0.4, 0.5) is 16.2 Å². The molecule has 0 saturated carbocycles. The second kappa shape index (κ2) is 8.90. The summed E-state index contributed by atoms with van der Waals surface area (Å²) in [5.74, 6) is 0.000865. The maximum absolute atomic E-state index is 12.5. The highest BCUT2D eigenvalue weighted by Gasteiger charge is 2.34. The molecule has 0 spiro atoms. The van der Waals surface area contributed by atoms with E-state index in [0.29, 0.717) is 36.8 Å². The molecule has 1 aromatic heterocycles. The Morgan fingerprint density at radius 2 is 1.89 bits per heavy atom. The monoisotopic (exact) mass is 382 g/mol. The molecular formula is C20H22N4O4. The van der Waals surface area contributed by atoms with Gasteiger partial charge in [-0.1, -0.05) is 6.08 Å². The number of rotatable bonds is 7. The Balaban J connectivity index is 1.51. The van der Waals surface area contributed by atoms with E-state index in [0.717, 1.165) is 0 Å². The second-order valence-corrected chi connectivity index (χ2v) is 6.44. The minimum absolute atomic E-state index is 0.0679. The average Bonchev–Trinajstić information content (AvgIpc) is 3.32. The molecule has 4 amide bonds. The van der Waals surface area contributed by atoms with Crippen LogP contribution < -0.4 is 16.0 Å². The van der Waals surface area contributed by atoms with Crippen molar-refractivity contribution in [1.29, 1.82) is 0 Å². The Bertz CT molecular complexity index is 846. The zero-order chi connectivity index (χ0) is 19.9. The van der Waals surface area contributed by atoms with Crippen LogP contribution in [0.25, 0.3) is 0 Å². The van der Waals surface area contributed by atoms with Gasteiger partial charge in [-0.3, -0.25) is 9.59 Å². The largest absolute Gasteiger partial charge is 0.467 e. The van der Waals surface area contributed by atoms with Gasteiger partial charge in [-0.05, 0) is 36.4 Å². The number of benzene rings is 1. The summed E-state index contributed by atoms with van der Waals surface area (Å²) in [6, 6.07) is 9.99. The minimum Gasteiger partial charge on any atom is -0.467 e. The SMILES string of the molecule is C=CCNC(=O)Nc1ccc(NC(=O)C2CC(=O)N(Cc3ccco3)C2)cc1. The van der Waals surface area contributed by atoms with Crippen LogP contribution in [0.5, 0.6) is 0 Å². The van der Waals surface area contributed by atoms with Gasteiger partial charge in [-0.15, -0.1) is 6.58 Å². The predicted molar refractivity (Wildman–Crippen MR) is 105 cm³/mol. The summed E-state index contributed by atoms with van der Waals surface area (Å²) >= 11 is 0. The maximum atomic E-state index is 12.5. The molecule has 1 atom stereocenters. The Morgan fingerprint density at radius 1 is 1.18 bits per heavy atom. The summed E-state index contributed by atoms with van der Waals surface area (Å²) in [5, 5.41) is 8.10. The quantitative estimate of drug-likeness (QED) is 0.640. The Labute approximate surface area is 162 Å². The number of urea groups is 1. The van der Waals surface area contributed by atoms with Crippen LogP contribution >= 0.6 is 0 Å². The molecule has 3 rings (SSSR count). The number of hydrogen-bond donors (Lipinski definition) is 3. The van der Waals surface area contributed by atoms with E-state index in [1.54, 1.807) is 53.6 Å². The Morgan fingerprint density at radius 3 is 2.54 bits per heavy atom. The molecule has 1 aromatic carbocycles. The molecule has 2 heterocycles. The molecule has 28 heavy (non-hydrogen) atoms. The van der Waals surface area contributed by atoms with Crippen LogP contribution in [-0.4, -0.2) is 35.8 Å². The van der Waals surface area contributed by atoms with E-state index in [-0.39, 0.29) is 24.3 Å². The molecule has 0 radical (unpaired) electrons. The van der Waals surface area contributed by atoms with Crippen molar-refractivity contribution >= 4 is 29.2 Å². The number of hydrogen-bond acceptors (Lipinski definition) is 4. The van der Waals surface area contributed by atoms with E-state index in [1.165, 1.54) is 0 Å². The van der Waals surface area contributed by atoms with Gasteiger partial charge in [0.05, 0.1) is 18.7 Å². The van der Waals surface area contributed by atoms with Gasteiger partial charge in [0.15, 0.2) is 0 Å². The first kappa shape index (κ1) is 19.2. The van der Waals surface area contributed by atoms with Crippen LogP contribution in [0.15, 0.2) is 59.7 Å². The van der Waals surface area contributed by atoms with Crippen molar-refractivity contribution in [2.75, 3.05) is 23.7 Å². The third-order valence-electron chi connectivity index (χ3n) is 4.33. The molecule has 0 aliphatic carbocycles. The van der Waals surface area contributed by atoms with Crippen LogP contribution in [0.2, 0.25) is 0 Å². The fourth-order valence-electron chi connectivity index (χ4n) is 2.91. The molecule has 1 saturated heterocycles. The number of furan rings is 1. The number of nitrogens with one attached hydrogen (secondary N) is 3. The van der Waals surface area contributed by atoms with Gasteiger partial charge in [-0.25, -0.2) is 4.79 Å². The first-order valence-electron chi connectivity index (χ1n) is 8.92. The highest BCUT2D eigenvalue weighted by molar-refractivity contribution is 5.97. The van der Waals surface area contributed by atoms with Crippen molar-refractivity contribution in [2.45, 2.75) is 13.0 Å². The number of carbonyl (C=O) groups excluding carboxylic acids is 3. The van der Waals surface area contributed by atoms with Gasteiger partial charge >= 0.3 is 6.03 Å². The highest BCUT2D eigenvalue weighted by Crippen LogP contribution is 2.22. The van der Waals surface area contributed by atoms with Crippen molar-refractivity contribution in [3.8, 4) is 0 Å².